The molecule has 0 spiro atoms. The standard InChI is InChI=1S/C26H24N2O3S/c1-2-31-21-11-9-18(10-12-21)23(29)14-28-16-27-25-24(26(28)30)22(15-32-25)20-8-7-17-5-3-4-6-19(17)13-20/h7-13,15-16H,2-6,14H2,1H3. The number of hydrogen-bond acceptors (Lipinski definition) is 5. The summed E-state index contributed by atoms with van der Waals surface area (Å²) in [6, 6.07) is 13.5. The van der Waals surface area contributed by atoms with Crippen LogP contribution in [-0.4, -0.2) is 21.9 Å². The van der Waals surface area contributed by atoms with E-state index in [1.54, 1.807) is 24.3 Å². The minimum atomic E-state index is -0.178. The number of aryl methyl sites for hydroxylation is 2. The van der Waals surface area contributed by atoms with Gasteiger partial charge in [0.05, 0.1) is 24.9 Å². The molecule has 4 aromatic rings. The number of ketones is 1. The second-order valence-corrected chi connectivity index (χ2v) is 8.94. The summed E-state index contributed by atoms with van der Waals surface area (Å²) in [4.78, 5) is 31.3. The third kappa shape index (κ3) is 3.86. The quantitative estimate of drug-likeness (QED) is 0.379. The van der Waals surface area contributed by atoms with Gasteiger partial charge >= 0.3 is 0 Å². The van der Waals surface area contributed by atoms with Gasteiger partial charge in [0.2, 0.25) is 0 Å². The van der Waals surface area contributed by atoms with Crippen molar-refractivity contribution < 1.29 is 9.53 Å². The Morgan fingerprint density at radius 3 is 2.66 bits per heavy atom. The summed E-state index contributed by atoms with van der Waals surface area (Å²) in [6.07, 6.45) is 6.14. The van der Waals surface area contributed by atoms with Gasteiger partial charge in [-0.1, -0.05) is 18.2 Å². The molecule has 0 N–H and O–H groups in total. The van der Waals surface area contributed by atoms with Crippen molar-refractivity contribution in [1.82, 2.24) is 9.55 Å². The first-order valence-corrected chi connectivity index (χ1v) is 11.9. The van der Waals surface area contributed by atoms with E-state index in [0.717, 1.165) is 29.7 Å². The molecule has 0 atom stereocenters. The van der Waals surface area contributed by atoms with Crippen LogP contribution in [0.3, 0.4) is 0 Å². The van der Waals surface area contributed by atoms with Crippen LogP contribution in [0.4, 0.5) is 0 Å². The van der Waals surface area contributed by atoms with Gasteiger partial charge in [0.25, 0.3) is 5.56 Å². The zero-order chi connectivity index (χ0) is 22.1. The maximum Gasteiger partial charge on any atom is 0.263 e. The van der Waals surface area contributed by atoms with Gasteiger partial charge in [0.1, 0.15) is 10.6 Å². The highest BCUT2D eigenvalue weighted by Crippen LogP contribution is 2.33. The van der Waals surface area contributed by atoms with Crippen LogP contribution in [0.25, 0.3) is 21.3 Å². The highest BCUT2D eigenvalue weighted by atomic mass is 32.1. The maximum absolute atomic E-state index is 13.3. The number of ether oxygens (including phenoxy) is 1. The van der Waals surface area contributed by atoms with Crippen LogP contribution >= 0.6 is 11.3 Å². The largest absolute Gasteiger partial charge is 0.494 e. The Morgan fingerprint density at radius 1 is 1.09 bits per heavy atom. The third-order valence-electron chi connectivity index (χ3n) is 6.02. The first kappa shape index (κ1) is 20.6. The van der Waals surface area contributed by atoms with Crippen LogP contribution in [0, 0.1) is 0 Å². The highest BCUT2D eigenvalue weighted by Gasteiger charge is 2.17. The monoisotopic (exact) mass is 444 g/mol. The van der Waals surface area contributed by atoms with E-state index in [2.05, 4.69) is 23.2 Å². The Hall–Kier alpha value is -3.25. The van der Waals surface area contributed by atoms with E-state index in [9.17, 15) is 9.59 Å². The summed E-state index contributed by atoms with van der Waals surface area (Å²) >= 11 is 1.47. The summed E-state index contributed by atoms with van der Waals surface area (Å²) in [5, 5.41) is 2.59. The molecule has 0 unspecified atom stereocenters. The van der Waals surface area contributed by atoms with E-state index in [-0.39, 0.29) is 17.9 Å². The Balaban J connectivity index is 1.47. The number of benzene rings is 2. The van der Waals surface area contributed by atoms with Gasteiger partial charge in [0.15, 0.2) is 5.78 Å². The van der Waals surface area contributed by atoms with Crippen LogP contribution < -0.4 is 10.3 Å². The predicted octanol–water partition coefficient (Wildman–Crippen LogP) is 5.29. The first-order chi connectivity index (χ1) is 15.6. The van der Waals surface area contributed by atoms with Crippen LogP contribution in [0.5, 0.6) is 5.75 Å². The van der Waals surface area contributed by atoms with Crippen molar-refractivity contribution in [3.63, 3.8) is 0 Å². The van der Waals surface area contributed by atoms with Gasteiger partial charge in [-0.3, -0.25) is 14.2 Å². The topological polar surface area (TPSA) is 61.2 Å². The molecule has 0 saturated carbocycles. The van der Waals surface area contributed by atoms with E-state index in [1.165, 1.54) is 46.2 Å². The molecule has 5 rings (SSSR count). The average molecular weight is 445 g/mol. The van der Waals surface area contributed by atoms with Gasteiger partial charge < -0.3 is 4.74 Å². The lowest BCUT2D eigenvalue weighted by Crippen LogP contribution is -2.24. The van der Waals surface area contributed by atoms with E-state index >= 15 is 0 Å². The lowest BCUT2D eigenvalue weighted by atomic mass is 9.89. The van der Waals surface area contributed by atoms with Crippen molar-refractivity contribution in [3.05, 3.63) is 81.2 Å². The lowest BCUT2D eigenvalue weighted by molar-refractivity contribution is 0.0970. The SMILES string of the molecule is CCOc1ccc(C(=O)Cn2cnc3scc(-c4ccc5c(c4)CCCC5)c3c2=O)cc1. The van der Waals surface area contributed by atoms with Gasteiger partial charge in [-0.05, 0) is 73.6 Å². The van der Waals surface area contributed by atoms with Crippen molar-refractivity contribution in [2.24, 2.45) is 0 Å². The molecular formula is C26H24N2O3S. The molecule has 0 fully saturated rings. The van der Waals surface area contributed by atoms with Crippen molar-refractivity contribution in [3.8, 4) is 16.9 Å². The molecule has 0 aliphatic heterocycles. The van der Waals surface area contributed by atoms with Gasteiger partial charge in [-0.15, -0.1) is 11.3 Å². The second kappa shape index (κ2) is 8.71. The molecule has 32 heavy (non-hydrogen) atoms. The molecule has 1 aliphatic carbocycles. The third-order valence-corrected chi connectivity index (χ3v) is 6.91. The molecule has 0 radical (unpaired) electrons. The number of fused-ring (bicyclic) bond motifs is 2. The summed E-state index contributed by atoms with van der Waals surface area (Å²) in [6.45, 7) is 2.44. The van der Waals surface area contributed by atoms with Crippen LogP contribution in [0.1, 0.15) is 41.3 Å². The summed E-state index contributed by atoms with van der Waals surface area (Å²) < 4.78 is 6.84. The first-order valence-electron chi connectivity index (χ1n) is 11.0. The fourth-order valence-electron chi connectivity index (χ4n) is 4.34. The number of aromatic nitrogens is 2. The number of rotatable bonds is 6. The zero-order valence-corrected chi connectivity index (χ0v) is 18.8. The summed E-state index contributed by atoms with van der Waals surface area (Å²) in [5.41, 5.74) is 5.10. The van der Waals surface area contributed by atoms with Crippen molar-refractivity contribution in [1.29, 1.82) is 0 Å². The Bertz CT molecular complexity index is 1350. The highest BCUT2D eigenvalue weighted by molar-refractivity contribution is 7.17. The van der Waals surface area contributed by atoms with E-state index < -0.39 is 0 Å². The molecule has 2 aromatic carbocycles. The smallest absolute Gasteiger partial charge is 0.263 e. The van der Waals surface area contributed by atoms with Crippen molar-refractivity contribution in [2.75, 3.05) is 6.61 Å². The van der Waals surface area contributed by atoms with Gasteiger partial charge in [-0.2, -0.15) is 0 Å². The lowest BCUT2D eigenvalue weighted by Gasteiger charge is -2.16. The van der Waals surface area contributed by atoms with Gasteiger partial charge in [0, 0.05) is 16.5 Å². The molecular weight excluding hydrogens is 420 g/mol. The molecule has 0 amide bonds. The van der Waals surface area contributed by atoms with Crippen molar-refractivity contribution >= 4 is 27.3 Å². The molecule has 5 nitrogen and oxygen atoms in total. The van der Waals surface area contributed by atoms with E-state index in [4.69, 9.17) is 4.74 Å². The molecule has 2 heterocycles. The predicted molar refractivity (Wildman–Crippen MR) is 128 cm³/mol. The number of carbonyl (C=O) groups excluding carboxylic acids is 1. The zero-order valence-electron chi connectivity index (χ0n) is 18.0. The minimum Gasteiger partial charge on any atom is -0.494 e. The fourth-order valence-corrected chi connectivity index (χ4v) is 5.25. The number of nitrogens with zero attached hydrogens (tertiary/aromatic N) is 2. The van der Waals surface area contributed by atoms with Crippen molar-refractivity contribution in [2.45, 2.75) is 39.2 Å². The Labute approximate surface area is 190 Å². The Kier molecular flexibility index (Phi) is 5.62. The summed E-state index contributed by atoms with van der Waals surface area (Å²) in [5.74, 6) is 0.583. The van der Waals surface area contributed by atoms with E-state index in [1.807, 2.05) is 12.3 Å². The summed E-state index contributed by atoms with van der Waals surface area (Å²) in [7, 11) is 0. The molecule has 1 aliphatic rings. The van der Waals surface area contributed by atoms with Crippen LogP contribution in [-0.2, 0) is 19.4 Å². The molecule has 162 valence electrons. The Morgan fingerprint density at radius 2 is 1.88 bits per heavy atom. The molecule has 0 saturated heterocycles. The van der Waals surface area contributed by atoms with Crippen LogP contribution in [0.15, 0.2) is 59.0 Å². The number of carbonyl (C=O) groups is 1. The van der Waals surface area contributed by atoms with Crippen LogP contribution in [0.2, 0.25) is 0 Å². The minimum absolute atomic E-state index is 0.0464. The molecule has 2 aromatic heterocycles. The number of Topliss-reactive ketones (excluding diaryl/α,β-unsaturated/α-hetero) is 1. The maximum atomic E-state index is 13.3. The average Bonchev–Trinajstić information content (AvgIpc) is 3.26. The molecule has 0 bridgehead atoms. The molecule has 6 heteroatoms. The number of thiophene rings is 1. The van der Waals surface area contributed by atoms with E-state index in [0.29, 0.717) is 22.4 Å². The number of hydrogen-bond donors (Lipinski definition) is 0. The second-order valence-electron chi connectivity index (χ2n) is 8.08. The normalized spacial score (nSPS) is 13.2. The van der Waals surface area contributed by atoms with Gasteiger partial charge in [-0.25, -0.2) is 4.98 Å². The fraction of sp³-hybridized carbons (Fsp3) is 0.269.